The fourth-order valence-electron chi connectivity index (χ4n) is 3.78. The zero-order valence-electron chi connectivity index (χ0n) is 20.2. The Balaban J connectivity index is 2.02. The first-order chi connectivity index (χ1) is 16.5. The number of fused-ring (bicyclic) bond motifs is 1. The number of ether oxygens (including phenoxy) is 1. The highest BCUT2D eigenvalue weighted by molar-refractivity contribution is 7.89. The van der Waals surface area contributed by atoms with Crippen LogP contribution in [0, 0.1) is 17.8 Å². The highest BCUT2D eigenvalue weighted by atomic mass is 32.2. The maximum atomic E-state index is 13.5. The third-order valence-electron chi connectivity index (χ3n) is 5.82. The molecule has 3 rings (SSSR count). The number of hydrogen-bond donors (Lipinski definition) is 2. The summed E-state index contributed by atoms with van der Waals surface area (Å²) in [5.74, 6) is 5.03. The summed E-state index contributed by atoms with van der Waals surface area (Å²) in [5, 5.41) is 19.2. The number of nitrogens with zero attached hydrogens (tertiary/aromatic N) is 3. The molecule has 4 atom stereocenters. The number of sulfonamides is 1. The van der Waals surface area contributed by atoms with E-state index >= 15 is 0 Å². The fourth-order valence-corrected chi connectivity index (χ4v) is 5.60. The van der Waals surface area contributed by atoms with Crippen LogP contribution in [0.3, 0.4) is 0 Å². The number of aliphatic hydroxyl groups is 2. The Morgan fingerprint density at radius 1 is 1.29 bits per heavy atom. The van der Waals surface area contributed by atoms with E-state index in [4.69, 9.17) is 4.74 Å². The van der Waals surface area contributed by atoms with Crippen molar-refractivity contribution in [2.75, 3.05) is 26.7 Å². The molecule has 0 unspecified atom stereocenters. The van der Waals surface area contributed by atoms with Gasteiger partial charge in [-0.3, -0.25) is 9.78 Å². The lowest BCUT2D eigenvalue weighted by molar-refractivity contribution is 0.0563. The molecular formula is C25H31N3O6S. The lowest BCUT2D eigenvalue weighted by Crippen LogP contribution is -2.50. The van der Waals surface area contributed by atoms with Gasteiger partial charge in [-0.05, 0) is 44.2 Å². The summed E-state index contributed by atoms with van der Waals surface area (Å²) in [7, 11) is -2.32. The van der Waals surface area contributed by atoms with Crippen LogP contribution in [0.5, 0.6) is 5.75 Å². The zero-order chi connectivity index (χ0) is 25.8. The number of amides is 1. The molecule has 0 fully saturated rings. The molecule has 10 heteroatoms. The zero-order valence-corrected chi connectivity index (χ0v) is 21.1. The van der Waals surface area contributed by atoms with Crippen LogP contribution >= 0.6 is 0 Å². The van der Waals surface area contributed by atoms with E-state index in [0.717, 1.165) is 0 Å². The van der Waals surface area contributed by atoms with Crippen LogP contribution in [-0.4, -0.2) is 83.7 Å². The van der Waals surface area contributed by atoms with Crippen molar-refractivity contribution in [3.63, 3.8) is 0 Å². The van der Waals surface area contributed by atoms with Crippen LogP contribution in [0.4, 0.5) is 0 Å². The van der Waals surface area contributed by atoms with Gasteiger partial charge in [-0.1, -0.05) is 18.8 Å². The summed E-state index contributed by atoms with van der Waals surface area (Å²) in [4.78, 5) is 18.3. The normalized spacial score (nSPS) is 21.2. The molecule has 1 aliphatic rings. The van der Waals surface area contributed by atoms with Gasteiger partial charge in [0.25, 0.3) is 5.91 Å². The van der Waals surface area contributed by atoms with Crippen molar-refractivity contribution in [2.24, 2.45) is 5.92 Å². The minimum Gasteiger partial charge on any atom is -0.487 e. The standard InChI is InChI=1S/C25H31N3O6S/c1-17-14-28(18(2)16-29)35(32,33)24-8-7-20(6-5-19(3)30)13-22(24)34-23(17)15-27(4)25(31)21-9-11-26-12-10-21/h7-13,17-19,23,29-30H,14-16H2,1-4H3/t17-,18+,19+,23-/m0/s1. The van der Waals surface area contributed by atoms with Crippen LogP contribution in [0.2, 0.25) is 0 Å². The number of pyridine rings is 1. The van der Waals surface area contributed by atoms with Crippen LogP contribution < -0.4 is 4.74 Å². The second-order valence-electron chi connectivity index (χ2n) is 8.77. The third-order valence-corrected chi connectivity index (χ3v) is 7.84. The second kappa shape index (κ2) is 11.2. The van der Waals surface area contributed by atoms with Gasteiger partial charge in [-0.25, -0.2) is 8.42 Å². The van der Waals surface area contributed by atoms with Gasteiger partial charge in [0.2, 0.25) is 10.0 Å². The van der Waals surface area contributed by atoms with E-state index in [1.54, 1.807) is 44.6 Å². The van der Waals surface area contributed by atoms with Gasteiger partial charge in [-0.15, -0.1) is 0 Å². The van der Waals surface area contributed by atoms with E-state index in [1.807, 2.05) is 6.92 Å². The van der Waals surface area contributed by atoms with Crippen molar-refractivity contribution in [1.82, 2.24) is 14.2 Å². The van der Waals surface area contributed by atoms with Gasteiger partial charge in [-0.2, -0.15) is 4.31 Å². The van der Waals surface area contributed by atoms with Crippen molar-refractivity contribution >= 4 is 15.9 Å². The third kappa shape index (κ3) is 6.18. The van der Waals surface area contributed by atoms with Crippen molar-refractivity contribution in [3.8, 4) is 17.6 Å². The molecule has 0 bridgehead atoms. The number of hydrogen-bond acceptors (Lipinski definition) is 7. The molecule has 2 N–H and O–H groups in total. The SMILES string of the molecule is C[C@H](CO)N1C[C@H](C)[C@H](CN(C)C(=O)c2ccncc2)Oc2cc(C#C[C@@H](C)O)ccc2S1(=O)=O. The second-order valence-corrected chi connectivity index (χ2v) is 10.6. The average molecular weight is 502 g/mol. The average Bonchev–Trinajstić information content (AvgIpc) is 2.84. The largest absolute Gasteiger partial charge is 0.487 e. The molecule has 2 aromatic rings. The summed E-state index contributed by atoms with van der Waals surface area (Å²) < 4.78 is 34.5. The fraction of sp³-hybridized carbons (Fsp3) is 0.440. The maximum Gasteiger partial charge on any atom is 0.253 e. The highest BCUT2D eigenvalue weighted by Crippen LogP contribution is 2.34. The first-order valence-electron chi connectivity index (χ1n) is 11.3. The Bertz CT molecular complexity index is 1210. The molecule has 0 radical (unpaired) electrons. The molecular weight excluding hydrogens is 470 g/mol. The van der Waals surface area contributed by atoms with Crippen molar-refractivity contribution in [3.05, 3.63) is 53.9 Å². The maximum absolute atomic E-state index is 13.5. The molecule has 1 aliphatic heterocycles. The van der Waals surface area contributed by atoms with Crippen molar-refractivity contribution in [2.45, 2.75) is 43.9 Å². The first kappa shape index (κ1) is 26.6. The number of aliphatic hydroxyl groups excluding tert-OH is 2. The molecule has 1 amide bonds. The number of carbonyl (C=O) groups is 1. The Kier molecular flexibility index (Phi) is 8.51. The lowest BCUT2D eigenvalue weighted by Gasteiger charge is -2.37. The lowest BCUT2D eigenvalue weighted by atomic mass is 10.0. The van der Waals surface area contributed by atoms with Gasteiger partial charge in [0, 0.05) is 49.1 Å². The molecule has 0 saturated carbocycles. The highest BCUT2D eigenvalue weighted by Gasteiger charge is 2.38. The predicted octanol–water partition coefficient (Wildman–Crippen LogP) is 1.35. The molecule has 35 heavy (non-hydrogen) atoms. The Morgan fingerprint density at radius 2 is 1.97 bits per heavy atom. The van der Waals surface area contributed by atoms with E-state index in [9.17, 15) is 23.4 Å². The van der Waals surface area contributed by atoms with Gasteiger partial charge in [0.1, 0.15) is 22.9 Å². The predicted molar refractivity (Wildman–Crippen MR) is 130 cm³/mol. The Labute approximate surface area is 206 Å². The Hall–Kier alpha value is -2.97. The number of benzene rings is 1. The summed E-state index contributed by atoms with van der Waals surface area (Å²) in [6.45, 7) is 4.99. The molecule has 1 aromatic carbocycles. The smallest absolute Gasteiger partial charge is 0.253 e. The topological polar surface area (TPSA) is 120 Å². The molecule has 1 aromatic heterocycles. The Morgan fingerprint density at radius 3 is 2.60 bits per heavy atom. The van der Waals surface area contributed by atoms with Gasteiger partial charge in [0.05, 0.1) is 13.2 Å². The van der Waals surface area contributed by atoms with E-state index in [1.165, 1.54) is 28.3 Å². The van der Waals surface area contributed by atoms with Crippen LogP contribution in [0.25, 0.3) is 0 Å². The van der Waals surface area contributed by atoms with Crippen molar-refractivity contribution in [1.29, 1.82) is 0 Å². The minimum absolute atomic E-state index is 0.0413. The van der Waals surface area contributed by atoms with Gasteiger partial charge >= 0.3 is 0 Å². The number of carbonyl (C=O) groups excluding carboxylic acids is 1. The van der Waals surface area contributed by atoms with E-state index in [2.05, 4.69) is 16.8 Å². The first-order valence-corrected chi connectivity index (χ1v) is 12.8. The van der Waals surface area contributed by atoms with E-state index in [0.29, 0.717) is 11.1 Å². The van der Waals surface area contributed by atoms with Gasteiger partial charge < -0.3 is 19.8 Å². The molecule has 0 saturated heterocycles. The monoisotopic (exact) mass is 501 g/mol. The van der Waals surface area contributed by atoms with Crippen LogP contribution in [-0.2, 0) is 10.0 Å². The van der Waals surface area contributed by atoms with E-state index in [-0.39, 0.29) is 42.2 Å². The van der Waals surface area contributed by atoms with Gasteiger partial charge in [0.15, 0.2) is 0 Å². The molecule has 0 aliphatic carbocycles. The summed E-state index contributed by atoms with van der Waals surface area (Å²) >= 11 is 0. The number of rotatable bonds is 5. The van der Waals surface area contributed by atoms with Crippen LogP contribution in [0.15, 0.2) is 47.6 Å². The van der Waals surface area contributed by atoms with Crippen molar-refractivity contribution < 1.29 is 28.2 Å². The number of likely N-dealkylation sites (N-methyl/N-ethyl adjacent to an activating group) is 1. The number of aromatic nitrogens is 1. The quantitative estimate of drug-likeness (QED) is 0.594. The molecule has 9 nitrogen and oxygen atoms in total. The molecule has 188 valence electrons. The summed E-state index contributed by atoms with van der Waals surface area (Å²) in [6, 6.07) is 7.10. The summed E-state index contributed by atoms with van der Waals surface area (Å²) in [6.07, 6.45) is 1.69. The van der Waals surface area contributed by atoms with E-state index < -0.39 is 28.3 Å². The van der Waals surface area contributed by atoms with Crippen LogP contribution in [0.1, 0.15) is 36.7 Å². The molecule has 0 spiro atoms. The summed E-state index contributed by atoms with van der Waals surface area (Å²) in [5.41, 5.74) is 0.963. The molecule has 2 heterocycles. The minimum atomic E-state index is -3.98.